The molecule has 0 heterocycles. The summed E-state index contributed by atoms with van der Waals surface area (Å²) in [4.78, 5) is 23.9. The fraction of sp³-hybridized carbons (Fsp3) is 0.867. The van der Waals surface area contributed by atoms with Crippen molar-refractivity contribution in [3.8, 4) is 0 Å². The van der Waals surface area contributed by atoms with Crippen LogP contribution in [0.4, 0.5) is 0 Å². The van der Waals surface area contributed by atoms with Crippen molar-refractivity contribution in [2.45, 2.75) is 59.7 Å². The van der Waals surface area contributed by atoms with E-state index in [4.69, 9.17) is 9.47 Å². The maximum Gasteiger partial charge on any atom is 0.323 e. The van der Waals surface area contributed by atoms with Gasteiger partial charge in [-0.25, -0.2) is 0 Å². The summed E-state index contributed by atoms with van der Waals surface area (Å²) < 4.78 is 10.2. The van der Waals surface area contributed by atoms with Gasteiger partial charge in [0.1, 0.15) is 0 Å². The molecule has 2 atom stereocenters. The number of carbonyl (C=O) groups is 2. The molecule has 0 amide bonds. The molecule has 0 bridgehead atoms. The standard InChI is InChI=1S/C15H28O6/c1-6-20-14(19)15(13(17)18,7-10(2)3)8-12(16)9-21-11(4)5/h10-12,16H,6-9H2,1-5H3,(H,17,18). The van der Waals surface area contributed by atoms with Crippen LogP contribution in [0.2, 0.25) is 0 Å². The topological polar surface area (TPSA) is 93.1 Å². The quantitative estimate of drug-likeness (QED) is 0.472. The first-order valence-corrected chi connectivity index (χ1v) is 7.36. The van der Waals surface area contributed by atoms with Crippen molar-refractivity contribution in [2.75, 3.05) is 13.2 Å². The van der Waals surface area contributed by atoms with Crippen LogP contribution in [-0.2, 0) is 19.1 Å². The highest BCUT2D eigenvalue weighted by Gasteiger charge is 2.49. The number of aliphatic hydroxyl groups is 1. The van der Waals surface area contributed by atoms with Gasteiger partial charge >= 0.3 is 11.9 Å². The average Bonchev–Trinajstić information content (AvgIpc) is 2.34. The van der Waals surface area contributed by atoms with E-state index in [9.17, 15) is 19.8 Å². The summed E-state index contributed by atoms with van der Waals surface area (Å²) in [7, 11) is 0. The fourth-order valence-electron chi connectivity index (χ4n) is 2.24. The van der Waals surface area contributed by atoms with Crippen LogP contribution in [0.25, 0.3) is 0 Å². The first-order valence-electron chi connectivity index (χ1n) is 7.36. The number of rotatable bonds is 10. The smallest absolute Gasteiger partial charge is 0.323 e. The van der Waals surface area contributed by atoms with E-state index < -0.39 is 23.5 Å². The van der Waals surface area contributed by atoms with Crippen LogP contribution >= 0.6 is 0 Å². The Balaban J connectivity index is 5.16. The zero-order valence-electron chi connectivity index (χ0n) is 13.6. The summed E-state index contributed by atoms with van der Waals surface area (Å²) in [5.41, 5.74) is -1.73. The number of carboxylic acid groups (broad SMARTS) is 1. The number of ether oxygens (including phenoxy) is 2. The molecule has 6 heteroatoms. The van der Waals surface area contributed by atoms with Gasteiger partial charge in [-0.1, -0.05) is 13.8 Å². The number of aliphatic carboxylic acids is 1. The van der Waals surface area contributed by atoms with Gasteiger partial charge in [0, 0.05) is 6.42 Å². The van der Waals surface area contributed by atoms with Crippen LogP contribution in [0.15, 0.2) is 0 Å². The highest BCUT2D eigenvalue weighted by atomic mass is 16.5. The van der Waals surface area contributed by atoms with Crippen LogP contribution in [-0.4, -0.2) is 47.6 Å². The van der Waals surface area contributed by atoms with Crippen molar-refractivity contribution in [3.63, 3.8) is 0 Å². The lowest BCUT2D eigenvalue weighted by molar-refractivity contribution is -0.173. The van der Waals surface area contributed by atoms with E-state index >= 15 is 0 Å². The van der Waals surface area contributed by atoms with Gasteiger partial charge in [0.2, 0.25) is 0 Å². The third kappa shape index (κ3) is 6.44. The van der Waals surface area contributed by atoms with Gasteiger partial charge in [-0.2, -0.15) is 0 Å². The normalized spacial score (nSPS) is 15.8. The number of esters is 1. The van der Waals surface area contributed by atoms with Gasteiger partial charge in [-0.05, 0) is 33.1 Å². The van der Waals surface area contributed by atoms with Crippen LogP contribution in [0.1, 0.15) is 47.5 Å². The second kappa shape index (κ2) is 9.00. The third-order valence-electron chi connectivity index (χ3n) is 3.04. The third-order valence-corrected chi connectivity index (χ3v) is 3.04. The number of hydrogen-bond acceptors (Lipinski definition) is 5. The van der Waals surface area contributed by atoms with Crippen molar-refractivity contribution in [1.29, 1.82) is 0 Å². The number of hydrogen-bond donors (Lipinski definition) is 2. The Morgan fingerprint density at radius 2 is 1.71 bits per heavy atom. The number of carboxylic acids is 1. The molecule has 0 aromatic carbocycles. The molecule has 0 aromatic rings. The van der Waals surface area contributed by atoms with E-state index in [2.05, 4.69) is 0 Å². The van der Waals surface area contributed by atoms with Gasteiger partial charge < -0.3 is 19.7 Å². The summed E-state index contributed by atoms with van der Waals surface area (Å²) in [6.45, 7) is 9.00. The van der Waals surface area contributed by atoms with Gasteiger partial charge in [0.15, 0.2) is 5.41 Å². The van der Waals surface area contributed by atoms with Crippen molar-refractivity contribution in [3.05, 3.63) is 0 Å². The Labute approximate surface area is 126 Å². The Hall–Kier alpha value is -1.14. The summed E-state index contributed by atoms with van der Waals surface area (Å²) >= 11 is 0. The summed E-state index contributed by atoms with van der Waals surface area (Å²) in [5, 5.41) is 19.6. The Kier molecular flexibility index (Phi) is 8.51. The second-order valence-corrected chi connectivity index (χ2v) is 5.95. The highest BCUT2D eigenvalue weighted by molar-refractivity contribution is 5.99. The SMILES string of the molecule is CCOC(=O)C(CC(C)C)(CC(O)COC(C)C)C(=O)O. The van der Waals surface area contributed by atoms with Crippen LogP contribution in [0.3, 0.4) is 0 Å². The van der Waals surface area contributed by atoms with Gasteiger partial charge in [0.05, 0.1) is 25.4 Å². The molecular formula is C15H28O6. The molecule has 6 nitrogen and oxygen atoms in total. The first kappa shape index (κ1) is 19.9. The molecule has 0 spiro atoms. The molecule has 0 aromatic heterocycles. The predicted octanol–water partition coefficient (Wildman–Crippen LogP) is 1.84. The molecule has 0 saturated heterocycles. The average molecular weight is 304 g/mol. The molecule has 21 heavy (non-hydrogen) atoms. The molecule has 0 rings (SSSR count). The van der Waals surface area contributed by atoms with Gasteiger partial charge in [0.25, 0.3) is 0 Å². The van der Waals surface area contributed by atoms with E-state index in [0.717, 1.165) is 0 Å². The van der Waals surface area contributed by atoms with Gasteiger partial charge in [-0.15, -0.1) is 0 Å². The zero-order chi connectivity index (χ0) is 16.6. The van der Waals surface area contributed by atoms with Crippen molar-refractivity contribution in [1.82, 2.24) is 0 Å². The molecule has 2 unspecified atom stereocenters. The Morgan fingerprint density at radius 3 is 2.10 bits per heavy atom. The predicted molar refractivity (Wildman–Crippen MR) is 77.9 cm³/mol. The number of aliphatic hydroxyl groups excluding tert-OH is 1. The molecule has 0 saturated carbocycles. The molecule has 0 radical (unpaired) electrons. The van der Waals surface area contributed by atoms with Crippen molar-refractivity contribution < 1.29 is 29.3 Å². The lowest BCUT2D eigenvalue weighted by Gasteiger charge is -2.30. The Morgan fingerprint density at radius 1 is 1.14 bits per heavy atom. The van der Waals surface area contributed by atoms with Crippen molar-refractivity contribution in [2.24, 2.45) is 11.3 Å². The second-order valence-electron chi connectivity index (χ2n) is 5.95. The fourth-order valence-corrected chi connectivity index (χ4v) is 2.24. The first-order chi connectivity index (χ1) is 9.65. The van der Waals surface area contributed by atoms with Crippen LogP contribution < -0.4 is 0 Å². The summed E-state index contributed by atoms with van der Waals surface area (Å²) in [5.74, 6) is -2.09. The summed E-state index contributed by atoms with van der Waals surface area (Å²) in [6.07, 6.45) is -1.22. The van der Waals surface area contributed by atoms with E-state index in [1.807, 2.05) is 27.7 Å². The molecular weight excluding hydrogens is 276 g/mol. The largest absolute Gasteiger partial charge is 0.480 e. The number of carbonyl (C=O) groups excluding carboxylic acids is 1. The molecule has 0 fully saturated rings. The minimum atomic E-state index is -1.73. The molecule has 124 valence electrons. The van der Waals surface area contributed by atoms with Crippen molar-refractivity contribution >= 4 is 11.9 Å². The van der Waals surface area contributed by atoms with Crippen LogP contribution in [0.5, 0.6) is 0 Å². The monoisotopic (exact) mass is 304 g/mol. The molecule has 0 aliphatic carbocycles. The minimum absolute atomic E-state index is 0.00973. The van der Waals surface area contributed by atoms with E-state index in [1.54, 1.807) is 6.92 Å². The van der Waals surface area contributed by atoms with Crippen LogP contribution in [0, 0.1) is 11.3 Å². The van der Waals surface area contributed by atoms with E-state index in [0.29, 0.717) is 0 Å². The molecule has 0 aliphatic heterocycles. The molecule has 0 aliphatic rings. The van der Waals surface area contributed by atoms with E-state index in [1.165, 1.54) is 0 Å². The maximum atomic E-state index is 12.2. The molecule has 2 N–H and O–H groups in total. The highest BCUT2D eigenvalue weighted by Crippen LogP contribution is 2.34. The van der Waals surface area contributed by atoms with Gasteiger partial charge in [-0.3, -0.25) is 9.59 Å². The summed E-state index contributed by atoms with van der Waals surface area (Å²) in [6, 6.07) is 0. The van der Waals surface area contributed by atoms with E-state index in [-0.39, 0.29) is 38.1 Å². The maximum absolute atomic E-state index is 12.2. The lowest BCUT2D eigenvalue weighted by Crippen LogP contribution is -2.45. The Bertz CT molecular complexity index is 339. The zero-order valence-corrected chi connectivity index (χ0v) is 13.6. The minimum Gasteiger partial charge on any atom is -0.480 e. The lowest BCUT2D eigenvalue weighted by atomic mass is 9.75.